The van der Waals surface area contributed by atoms with Gasteiger partial charge in [-0.3, -0.25) is 14.3 Å². The topological polar surface area (TPSA) is 101 Å². The number of carbonyl (C=O) groups is 1. The summed E-state index contributed by atoms with van der Waals surface area (Å²) >= 11 is 0. The maximum atomic E-state index is 15.9. The minimum atomic E-state index is -0.827. The fourth-order valence-electron chi connectivity index (χ4n) is 5.90. The predicted octanol–water partition coefficient (Wildman–Crippen LogP) is 5.28. The van der Waals surface area contributed by atoms with E-state index in [-0.39, 0.29) is 47.6 Å². The Morgan fingerprint density at radius 3 is 2.62 bits per heavy atom. The Labute approximate surface area is 243 Å². The molecule has 0 radical (unpaired) electrons. The van der Waals surface area contributed by atoms with Gasteiger partial charge in [-0.1, -0.05) is 32.9 Å². The monoisotopic (exact) mass is 575 g/mol. The zero-order valence-electron chi connectivity index (χ0n) is 24.3. The Balaban J connectivity index is 1.83. The summed E-state index contributed by atoms with van der Waals surface area (Å²) in [6, 6.07) is 7.01. The lowest BCUT2D eigenvalue weighted by molar-refractivity contribution is 0.112. The number of halogens is 2. The van der Waals surface area contributed by atoms with E-state index in [1.165, 1.54) is 22.8 Å². The molecule has 0 unspecified atom stereocenters. The lowest BCUT2D eigenvalue weighted by atomic mass is 9.94. The van der Waals surface area contributed by atoms with E-state index in [2.05, 4.69) is 21.9 Å². The zero-order chi connectivity index (χ0) is 30.1. The van der Waals surface area contributed by atoms with Gasteiger partial charge < -0.3 is 10.0 Å². The van der Waals surface area contributed by atoms with Crippen LogP contribution in [0.4, 0.5) is 14.6 Å². The first kappa shape index (κ1) is 29.4. The number of anilines is 1. The lowest BCUT2D eigenvalue weighted by Crippen LogP contribution is -2.43. The number of aliphatic hydroxyl groups is 1. The second-order valence-electron chi connectivity index (χ2n) is 11.5. The molecule has 1 aliphatic rings. The van der Waals surface area contributed by atoms with Crippen LogP contribution in [0, 0.1) is 17.6 Å². The summed E-state index contributed by atoms with van der Waals surface area (Å²) in [5.74, 6) is -0.939. The van der Waals surface area contributed by atoms with Crippen LogP contribution in [-0.4, -0.2) is 50.1 Å². The van der Waals surface area contributed by atoms with Crippen LogP contribution in [0.2, 0.25) is 0 Å². The molecule has 4 heterocycles. The first-order chi connectivity index (χ1) is 20.1. The van der Waals surface area contributed by atoms with Crippen LogP contribution in [0.1, 0.15) is 73.6 Å². The number of fused-ring (bicyclic) bond motifs is 1. The van der Waals surface area contributed by atoms with Crippen molar-refractivity contribution in [2.24, 2.45) is 5.92 Å². The smallest absolute Gasteiger partial charge is 0.351 e. The molecule has 0 saturated carbocycles. The highest BCUT2D eigenvalue weighted by Gasteiger charge is 2.29. The molecule has 1 aromatic carbocycles. The average molecular weight is 576 g/mol. The summed E-state index contributed by atoms with van der Waals surface area (Å²) in [5, 5.41) is 10.1. The molecule has 8 nitrogen and oxygen atoms in total. The number of benzene rings is 1. The molecule has 2 atom stereocenters. The number of hydrogen-bond acceptors (Lipinski definition) is 7. The van der Waals surface area contributed by atoms with E-state index in [0.717, 1.165) is 35.7 Å². The number of aromatic nitrogens is 4. The summed E-state index contributed by atoms with van der Waals surface area (Å²) in [6.45, 7) is 8.70. The molecule has 3 aromatic heterocycles. The molecule has 220 valence electrons. The number of carbonyl (C=O) groups excluding carboxylic acids is 1. The third-order valence-corrected chi connectivity index (χ3v) is 8.11. The molecular weight excluding hydrogens is 540 g/mol. The molecule has 10 heteroatoms. The minimum absolute atomic E-state index is 0.0121. The van der Waals surface area contributed by atoms with Crippen LogP contribution >= 0.6 is 0 Å². The molecule has 0 amide bonds. The number of aliphatic hydroxyl groups excluding tert-OH is 1. The van der Waals surface area contributed by atoms with Crippen LogP contribution in [0.15, 0.2) is 41.3 Å². The Morgan fingerprint density at radius 2 is 1.90 bits per heavy atom. The summed E-state index contributed by atoms with van der Waals surface area (Å²) in [5.41, 5.74) is 1.16. The van der Waals surface area contributed by atoms with E-state index < -0.39 is 17.3 Å². The number of aldehydes is 1. The first-order valence-corrected chi connectivity index (χ1v) is 14.3. The molecule has 0 aliphatic carbocycles. The maximum absolute atomic E-state index is 15.9. The SMILES string of the molecule is CC(C)c1nccc(CCO)c1Cn1c(=O)nc(N2C[C@@H](C)CC[C@@H]2C)c2cc(F)c(-c3c(F)cccc3C=O)nc21. The number of rotatable bonds is 8. The van der Waals surface area contributed by atoms with E-state index in [1.54, 1.807) is 12.3 Å². The van der Waals surface area contributed by atoms with Gasteiger partial charge in [-0.2, -0.15) is 4.98 Å². The number of nitrogens with zero attached hydrogens (tertiary/aromatic N) is 5. The van der Waals surface area contributed by atoms with Crippen molar-refractivity contribution in [3.8, 4) is 11.3 Å². The second-order valence-corrected chi connectivity index (χ2v) is 11.5. The first-order valence-electron chi connectivity index (χ1n) is 14.3. The number of piperidine rings is 1. The van der Waals surface area contributed by atoms with E-state index in [9.17, 15) is 14.7 Å². The van der Waals surface area contributed by atoms with Gasteiger partial charge in [-0.05, 0) is 67.3 Å². The van der Waals surface area contributed by atoms with Crippen LogP contribution in [0.3, 0.4) is 0 Å². The fraction of sp³-hybridized carbons (Fsp3) is 0.406. The number of pyridine rings is 2. The van der Waals surface area contributed by atoms with Crippen molar-refractivity contribution in [1.82, 2.24) is 19.5 Å². The largest absolute Gasteiger partial charge is 0.396 e. The van der Waals surface area contributed by atoms with E-state index in [4.69, 9.17) is 0 Å². The lowest BCUT2D eigenvalue weighted by Gasteiger charge is -2.38. The third kappa shape index (κ3) is 5.43. The van der Waals surface area contributed by atoms with Gasteiger partial charge in [-0.25, -0.2) is 18.6 Å². The van der Waals surface area contributed by atoms with Crippen LogP contribution in [0.5, 0.6) is 0 Å². The Kier molecular flexibility index (Phi) is 8.45. The predicted molar refractivity (Wildman–Crippen MR) is 158 cm³/mol. The van der Waals surface area contributed by atoms with Gasteiger partial charge in [0.05, 0.1) is 11.9 Å². The highest BCUT2D eigenvalue weighted by Crippen LogP contribution is 2.35. The van der Waals surface area contributed by atoms with Gasteiger partial charge in [0.15, 0.2) is 12.1 Å². The van der Waals surface area contributed by atoms with E-state index in [0.29, 0.717) is 36.4 Å². The fourth-order valence-corrected chi connectivity index (χ4v) is 5.90. The highest BCUT2D eigenvalue weighted by molar-refractivity contribution is 5.92. The van der Waals surface area contributed by atoms with Crippen LogP contribution < -0.4 is 10.6 Å². The standard InChI is InChI=1S/C32H35F2N5O3/c1-18(2)28-24(21(11-13-40)10-12-35-28)16-39-30-23(31(37-32(39)42)38-15-19(3)8-9-20(38)4)14-26(34)29(36-30)27-22(17-41)6-5-7-25(27)33/h5-7,10,12,14,17-20,40H,8-9,11,13,15-16H2,1-4H3/t19-,20-/m0/s1. The molecule has 1 aliphatic heterocycles. The van der Waals surface area contributed by atoms with Crippen molar-refractivity contribution >= 4 is 23.1 Å². The normalized spacial score (nSPS) is 17.3. The van der Waals surface area contributed by atoms with Crippen molar-refractivity contribution in [2.75, 3.05) is 18.1 Å². The second kappa shape index (κ2) is 12.1. The van der Waals surface area contributed by atoms with E-state index in [1.807, 2.05) is 25.7 Å². The molecule has 5 rings (SSSR count). The van der Waals surface area contributed by atoms with Gasteiger partial charge in [0.25, 0.3) is 0 Å². The molecule has 1 N–H and O–H groups in total. The quantitative estimate of drug-likeness (QED) is 0.286. The molecule has 0 bridgehead atoms. The third-order valence-electron chi connectivity index (χ3n) is 8.11. The molecule has 4 aromatic rings. The van der Waals surface area contributed by atoms with Crippen LogP contribution in [0.25, 0.3) is 22.3 Å². The Bertz CT molecular complexity index is 1700. The summed E-state index contributed by atoms with van der Waals surface area (Å²) in [6.07, 6.45) is 4.40. The summed E-state index contributed by atoms with van der Waals surface area (Å²) in [7, 11) is 0. The Morgan fingerprint density at radius 1 is 1.12 bits per heavy atom. The maximum Gasteiger partial charge on any atom is 0.351 e. The van der Waals surface area contributed by atoms with Crippen molar-refractivity contribution in [3.05, 3.63) is 81.0 Å². The molecule has 1 saturated heterocycles. The zero-order valence-corrected chi connectivity index (χ0v) is 24.3. The molecular formula is C32H35F2N5O3. The van der Waals surface area contributed by atoms with Crippen LogP contribution in [-0.2, 0) is 13.0 Å². The van der Waals surface area contributed by atoms with Gasteiger partial charge >= 0.3 is 5.69 Å². The molecule has 42 heavy (non-hydrogen) atoms. The van der Waals surface area contributed by atoms with Crippen molar-refractivity contribution in [1.29, 1.82) is 0 Å². The van der Waals surface area contributed by atoms with Gasteiger partial charge in [0.1, 0.15) is 23.0 Å². The van der Waals surface area contributed by atoms with Crippen molar-refractivity contribution < 1.29 is 18.7 Å². The Hall–Kier alpha value is -4.05. The average Bonchev–Trinajstić information content (AvgIpc) is 2.96. The van der Waals surface area contributed by atoms with E-state index >= 15 is 8.78 Å². The van der Waals surface area contributed by atoms with Crippen molar-refractivity contribution in [2.45, 2.75) is 65.5 Å². The molecule has 0 spiro atoms. The summed E-state index contributed by atoms with van der Waals surface area (Å²) in [4.78, 5) is 41.3. The highest BCUT2D eigenvalue weighted by atomic mass is 19.1. The van der Waals surface area contributed by atoms with Gasteiger partial charge in [0, 0.05) is 42.2 Å². The summed E-state index contributed by atoms with van der Waals surface area (Å²) < 4.78 is 32.3. The van der Waals surface area contributed by atoms with Gasteiger partial charge in [-0.15, -0.1) is 0 Å². The molecule has 1 fully saturated rings. The van der Waals surface area contributed by atoms with Gasteiger partial charge in [0.2, 0.25) is 0 Å². The minimum Gasteiger partial charge on any atom is -0.396 e. The number of hydrogen-bond donors (Lipinski definition) is 1. The van der Waals surface area contributed by atoms with Crippen molar-refractivity contribution in [3.63, 3.8) is 0 Å².